The molecule has 1 aromatic heterocycles. The Kier molecular flexibility index (Phi) is 3.51. The molecule has 0 bridgehead atoms. The Morgan fingerprint density at radius 2 is 2.00 bits per heavy atom. The lowest BCUT2D eigenvalue weighted by molar-refractivity contribution is 0.0722. The van der Waals surface area contributed by atoms with Crippen molar-refractivity contribution >= 4 is 5.91 Å². The second-order valence-corrected chi connectivity index (χ2v) is 4.79. The summed E-state index contributed by atoms with van der Waals surface area (Å²) in [6, 6.07) is 5.30. The number of methoxy groups -OCH3 is 2. The van der Waals surface area contributed by atoms with E-state index in [1.807, 2.05) is 0 Å². The van der Waals surface area contributed by atoms with Gasteiger partial charge in [-0.2, -0.15) is 0 Å². The lowest BCUT2D eigenvalue weighted by atomic mass is 10.1. The number of rotatable bonds is 3. The molecular formula is C15H16N2O4. The fourth-order valence-corrected chi connectivity index (χ4v) is 2.53. The van der Waals surface area contributed by atoms with E-state index < -0.39 is 0 Å². The maximum atomic E-state index is 12.8. The van der Waals surface area contributed by atoms with E-state index in [9.17, 15) is 4.79 Å². The summed E-state index contributed by atoms with van der Waals surface area (Å²) in [5, 5.41) is 3.78. The normalized spacial score (nSPS) is 13.7. The van der Waals surface area contributed by atoms with Crippen molar-refractivity contribution in [2.75, 3.05) is 20.8 Å². The predicted octanol–water partition coefficient (Wildman–Crippen LogP) is 1.89. The molecule has 0 unspecified atom stereocenters. The monoisotopic (exact) mass is 288 g/mol. The number of nitrogens with zero attached hydrogens (tertiary/aromatic N) is 2. The lowest BCUT2D eigenvalue weighted by Gasteiger charge is -2.27. The highest BCUT2D eigenvalue weighted by molar-refractivity contribution is 5.99. The average molecular weight is 288 g/mol. The summed E-state index contributed by atoms with van der Waals surface area (Å²) < 4.78 is 15.7. The van der Waals surface area contributed by atoms with Gasteiger partial charge in [-0.25, -0.2) is 0 Å². The Hall–Kier alpha value is -2.50. The minimum atomic E-state index is -0.115. The van der Waals surface area contributed by atoms with Gasteiger partial charge < -0.3 is 18.9 Å². The standard InChI is InChI=1S/C15H16N2O4/c1-19-12-4-3-5-13(20-2)14(12)15(18)17-7-6-11-10(9-17)8-16-21-11/h3-5,8H,6-7,9H2,1-2H3. The summed E-state index contributed by atoms with van der Waals surface area (Å²) in [6.45, 7) is 1.07. The van der Waals surface area contributed by atoms with E-state index in [1.54, 1.807) is 43.5 Å². The molecule has 0 N–H and O–H groups in total. The first-order valence-electron chi connectivity index (χ1n) is 6.67. The molecule has 0 aliphatic carbocycles. The molecule has 0 saturated carbocycles. The van der Waals surface area contributed by atoms with Crippen LogP contribution >= 0.6 is 0 Å². The van der Waals surface area contributed by atoms with Crippen LogP contribution in [0.1, 0.15) is 21.7 Å². The highest BCUT2D eigenvalue weighted by Crippen LogP contribution is 2.31. The number of hydrogen-bond acceptors (Lipinski definition) is 5. The average Bonchev–Trinajstić information content (AvgIpc) is 3.00. The van der Waals surface area contributed by atoms with Crippen LogP contribution in [0.4, 0.5) is 0 Å². The van der Waals surface area contributed by atoms with Crippen LogP contribution in [0.25, 0.3) is 0 Å². The molecule has 1 amide bonds. The SMILES string of the molecule is COc1cccc(OC)c1C(=O)N1CCc2oncc2C1. The maximum absolute atomic E-state index is 12.8. The van der Waals surface area contributed by atoms with Crippen molar-refractivity contribution in [3.63, 3.8) is 0 Å². The molecule has 1 aliphatic rings. The first kappa shape index (κ1) is 13.5. The molecule has 0 fully saturated rings. The summed E-state index contributed by atoms with van der Waals surface area (Å²) in [7, 11) is 3.08. The molecule has 6 heteroatoms. The van der Waals surface area contributed by atoms with Crippen LogP contribution in [0.3, 0.4) is 0 Å². The first-order valence-corrected chi connectivity index (χ1v) is 6.67. The van der Waals surface area contributed by atoms with Crippen LogP contribution in [0.15, 0.2) is 28.9 Å². The first-order chi connectivity index (χ1) is 10.2. The van der Waals surface area contributed by atoms with Crippen LogP contribution < -0.4 is 9.47 Å². The molecule has 0 saturated heterocycles. The van der Waals surface area contributed by atoms with Crippen LogP contribution in [0.2, 0.25) is 0 Å². The fraction of sp³-hybridized carbons (Fsp3) is 0.333. The molecular weight excluding hydrogens is 272 g/mol. The summed E-state index contributed by atoms with van der Waals surface area (Å²) >= 11 is 0. The third-order valence-electron chi connectivity index (χ3n) is 3.63. The zero-order valence-electron chi connectivity index (χ0n) is 12.0. The molecule has 110 valence electrons. The molecule has 0 atom stereocenters. The van der Waals surface area contributed by atoms with Crippen molar-refractivity contribution in [3.8, 4) is 11.5 Å². The Labute approximate surface area is 122 Å². The summed E-state index contributed by atoms with van der Waals surface area (Å²) in [4.78, 5) is 14.6. The third-order valence-corrected chi connectivity index (χ3v) is 3.63. The number of hydrogen-bond donors (Lipinski definition) is 0. The van der Waals surface area contributed by atoms with Crippen molar-refractivity contribution in [1.29, 1.82) is 0 Å². The van der Waals surface area contributed by atoms with Crippen molar-refractivity contribution in [1.82, 2.24) is 10.1 Å². The highest BCUT2D eigenvalue weighted by atomic mass is 16.5. The number of aromatic nitrogens is 1. The van der Waals surface area contributed by atoms with Gasteiger partial charge in [0.15, 0.2) is 0 Å². The van der Waals surface area contributed by atoms with Gasteiger partial charge in [0.1, 0.15) is 22.8 Å². The molecule has 0 spiro atoms. The number of amides is 1. The Bertz CT molecular complexity index is 643. The molecule has 2 aromatic rings. The molecule has 1 aliphatic heterocycles. The quantitative estimate of drug-likeness (QED) is 0.863. The number of fused-ring (bicyclic) bond motifs is 1. The predicted molar refractivity (Wildman–Crippen MR) is 74.5 cm³/mol. The van der Waals surface area contributed by atoms with E-state index >= 15 is 0 Å². The van der Waals surface area contributed by atoms with Crippen LogP contribution in [0, 0.1) is 0 Å². The van der Waals surface area contributed by atoms with E-state index in [0.29, 0.717) is 36.6 Å². The zero-order valence-corrected chi connectivity index (χ0v) is 12.0. The van der Waals surface area contributed by atoms with Crippen LogP contribution in [-0.2, 0) is 13.0 Å². The molecule has 2 heterocycles. The van der Waals surface area contributed by atoms with Gasteiger partial charge >= 0.3 is 0 Å². The largest absolute Gasteiger partial charge is 0.496 e. The summed E-state index contributed by atoms with van der Waals surface area (Å²) in [6.07, 6.45) is 2.33. The summed E-state index contributed by atoms with van der Waals surface area (Å²) in [5.74, 6) is 1.76. The topological polar surface area (TPSA) is 64.8 Å². The van der Waals surface area contributed by atoms with E-state index in [0.717, 1.165) is 11.3 Å². The molecule has 21 heavy (non-hydrogen) atoms. The number of carbonyl (C=O) groups excluding carboxylic acids is 1. The second-order valence-electron chi connectivity index (χ2n) is 4.79. The fourth-order valence-electron chi connectivity index (χ4n) is 2.53. The van der Waals surface area contributed by atoms with E-state index in [1.165, 1.54) is 0 Å². The maximum Gasteiger partial charge on any atom is 0.261 e. The van der Waals surface area contributed by atoms with Gasteiger partial charge in [0.05, 0.1) is 27.0 Å². The smallest absolute Gasteiger partial charge is 0.261 e. The molecule has 6 nitrogen and oxygen atoms in total. The van der Waals surface area contributed by atoms with Crippen molar-refractivity contribution in [2.45, 2.75) is 13.0 Å². The molecule has 3 rings (SSSR count). The Morgan fingerprint density at radius 3 is 2.67 bits per heavy atom. The minimum Gasteiger partial charge on any atom is -0.496 e. The Balaban J connectivity index is 1.93. The van der Waals surface area contributed by atoms with E-state index in [-0.39, 0.29) is 5.91 Å². The second kappa shape index (κ2) is 5.47. The molecule has 0 radical (unpaired) electrons. The number of benzene rings is 1. The molecule has 1 aromatic carbocycles. The van der Waals surface area contributed by atoms with E-state index in [2.05, 4.69) is 5.16 Å². The number of carbonyl (C=O) groups is 1. The van der Waals surface area contributed by atoms with Gasteiger partial charge in [0.2, 0.25) is 0 Å². The van der Waals surface area contributed by atoms with Crippen molar-refractivity contribution < 1.29 is 18.8 Å². The van der Waals surface area contributed by atoms with Gasteiger partial charge in [-0.3, -0.25) is 4.79 Å². The highest BCUT2D eigenvalue weighted by Gasteiger charge is 2.28. The van der Waals surface area contributed by atoms with Crippen molar-refractivity contribution in [3.05, 3.63) is 41.3 Å². The van der Waals surface area contributed by atoms with Gasteiger partial charge in [-0.15, -0.1) is 0 Å². The van der Waals surface area contributed by atoms with Crippen LogP contribution in [-0.4, -0.2) is 36.7 Å². The van der Waals surface area contributed by atoms with Crippen LogP contribution in [0.5, 0.6) is 11.5 Å². The van der Waals surface area contributed by atoms with Gasteiger partial charge in [-0.05, 0) is 12.1 Å². The van der Waals surface area contributed by atoms with Gasteiger partial charge in [0, 0.05) is 18.5 Å². The third kappa shape index (κ3) is 2.33. The lowest BCUT2D eigenvalue weighted by Crippen LogP contribution is -2.35. The summed E-state index contributed by atoms with van der Waals surface area (Å²) in [5.41, 5.74) is 1.39. The van der Waals surface area contributed by atoms with Crippen molar-refractivity contribution in [2.24, 2.45) is 0 Å². The van der Waals surface area contributed by atoms with Gasteiger partial charge in [0.25, 0.3) is 5.91 Å². The minimum absolute atomic E-state index is 0.115. The number of ether oxygens (including phenoxy) is 2. The Morgan fingerprint density at radius 1 is 1.29 bits per heavy atom. The zero-order chi connectivity index (χ0) is 14.8. The van der Waals surface area contributed by atoms with E-state index in [4.69, 9.17) is 14.0 Å². The van der Waals surface area contributed by atoms with Gasteiger partial charge in [-0.1, -0.05) is 11.2 Å².